The van der Waals surface area contributed by atoms with Crippen LogP contribution in [0.3, 0.4) is 0 Å². The number of aryl methyl sites for hydroxylation is 1. The highest BCUT2D eigenvalue weighted by molar-refractivity contribution is 6.05. The van der Waals surface area contributed by atoms with Crippen LogP contribution in [0, 0.1) is 6.92 Å². The first kappa shape index (κ1) is 15.6. The first-order valence-corrected chi connectivity index (χ1v) is 6.76. The van der Waals surface area contributed by atoms with Gasteiger partial charge in [-0.05, 0) is 36.8 Å². The van der Waals surface area contributed by atoms with Gasteiger partial charge in [0.15, 0.2) is 17.3 Å². The molecular weight excluding hydrogens is 280 g/mol. The minimum atomic E-state index is -0.137. The fraction of sp³-hybridized carbons (Fsp3) is 0.176. The number of nitrogens with zero attached hydrogens (tertiary/aromatic N) is 1. The van der Waals surface area contributed by atoms with Crippen molar-refractivity contribution in [3.63, 3.8) is 0 Å². The molecule has 0 unspecified atom stereocenters. The number of allylic oxidation sites excluding steroid dienone is 1. The standard InChI is InChI=1S/C17H18N2O3/c1-12-5-4-9-18-17(12)19-10-8-14(20)13-6-7-15(21-2)16(11-13)22-3/h4-11H,1-3H3,(H,18,19). The van der Waals surface area contributed by atoms with Crippen molar-refractivity contribution in [2.45, 2.75) is 6.92 Å². The number of anilines is 1. The molecule has 0 bridgehead atoms. The van der Waals surface area contributed by atoms with Crippen molar-refractivity contribution < 1.29 is 14.3 Å². The summed E-state index contributed by atoms with van der Waals surface area (Å²) in [5.74, 6) is 1.70. The highest BCUT2D eigenvalue weighted by atomic mass is 16.5. The molecule has 0 aliphatic heterocycles. The van der Waals surface area contributed by atoms with Crippen LogP contribution >= 0.6 is 0 Å². The molecule has 0 aliphatic rings. The lowest BCUT2D eigenvalue weighted by molar-refractivity contribution is 0.104. The predicted octanol–water partition coefficient (Wildman–Crippen LogP) is 3.22. The fourth-order valence-electron chi connectivity index (χ4n) is 1.92. The van der Waals surface area contributed by atoms with Crippen LogP contribution in [0.1, 0.15) is 15.9 Å². The molecule has 2 rings (SSSR count). The van der Waals surface area contributed by atoms with E-state index in [1.807, 2.05) is 19.1 Å². The van der Waals surface area contributed by atoms with Crippen molar-refractivity contribution >= 4 is 11.6 Å². The number of methoxy groups -OCH3 is 2. The third kappa shape index (κ3) is 3.63. The molecule has 0 radical (unpaired) electrons. The minimum absolute atomic E-state index is 0.137. The Bertz CT molecular complexity index is 696. The van der Waals surface area contributed by atoms with Gasteiger partial charge in [-0.2, -0.15) is 0 Å². The van der Waals surface area contributed by atoms with E-state index in [2.05, 4.69) is 10.3 Å². The SMILES string of the molecule is COc1ccc(C(=O)C=CNc2ncccc2C)cc1OC. The maximum Gasteiger partial charge on any atom is 0.187 e. The summed E-state index contributed by atoms with van der Waals surface area (Å²) >= 11 is 0. The highest BCUT2D eigenvalue weighted by Gasteiger charge is 2.08. The Kier molecular flexibility index (Phi) is 5.14. The number of hydrogen-bond donors (Lipinski definition) is 1. The average molecular weight is 298 g/mol. The van der Waals surface area contributed by atoms with E-state index in [0.29, 0.717) is 17.1 Å². The Labute approximate surface area is 129 Å². The summed E-state index contributed by atoms with van der Waals surface area (Å²) in [7, 11) is 3.09. The number of carbonyl (C=O) groups is 1. The first-order valence-electron chi connectivity index (χ1n) is 6.76. The summed E-state index contributed by atoms with van der Waals surface area (Å²) in [6.07, 6.45) is 4.73. The monoisotopic (exact) mass is 298 g/mol. The Balaban J connectivity index is 2.09. The number of rotatable bonds is 6. The van der Waals surface area contributed by atoms with Gasteiger partial charge in [0.05, 0.1) is 14.2 Å². The summed E-state index contributed by atoms with van der Waals surface area (Å²) in [6.45, 7) is 1.94. The first-order chi connectivity index (χ1) is 10.7. The van der Waals surface area contributed by atoms with Crippen LogP contribution in [0.4, 0.5) is 5.82 Å². The van der Waals surface area contributed by atoms with Gasteiger partial charge in [-0.1, -0.05) is 6.07 Å². The van der Waals surface area contributed by atoms with Crippen LogP contribution in [-0.4, -0.2) is 25.0 Å². The lowest BCUT2D eigenvalue weighted by Gasteiger charge is -2.08. The molecule has 0 aliphatic carbocycles. The van der Waals surface area contributed by atoms with E-state index in [1.54, 1.807) is 37.7 Å². The number of ketones is 1. The Hall–Kier alpha value is -2.82. The number of benzene rings is 1. The molecule has 5 nitrogen and oxygen atoms in total. The molecule has 1 heterocycles. The third-order valence-corrected chi connectivity index (χ3v) is 3.13. The van der Waals surface area contributed by atoms with Gasteiger partial charge in [0.25, 0.3) is 0 Å². The van der Waals surface area contributed by atoms with E-state index in [0.717, 1.165) is 11.4 Å². The Morgan fingerprint density at radius 1 is 1.18 bits per heavy atom. The molecule has 1 aromatic carbocycles. The number of aromatic nitrogens is 1. The largest absolute Gasteiger partial charge is 0.493 e. The molecule has 0 saturated heterocycles. The summed E-state index contributed by atoms with van der Waals surface area (Å²) in [5, 5.41) is 3.00. The van der Waals surface area contributed by atoms with Crippen LogP contribution in [-0.2, 0) is 0 Å². The summed E-state index contributed by atoms with van der Waals surface area (Å²) in [5.41, 5.74) is 1.53. The number of nitrogens with one attached hydrogen (secondary N) is 1. The topological polar surface area (TPSA) is 60.5 Å². The fourth-order valence-corrected chi connectivity index (χ4v) is 1.92. The molecule has 1 aromatic heterocycles. The van der Waals surface area contributed by atoms with Gasteiger partial charge in [0.1, 0.15) is 5.82 Å². The molecule has 0 atom stereocenters. The normalized spacial score (nSPS) is 10.5. The van der Waals surface area contributed by atoms with Crippen LogP contribution in [0.5, 0.6) is 11.5 Å². The Morgan fingerprint density at radius 3 is 2.64 bits per heavy atom. The van der Waals surface area contributed by atoms with E-state index in [-0.39, 0.29) is 5.78 Å². The summed E-state index contributed by atoms with van der Waals surface area (Å²) in [4.78, 5) is 16.3. The van der Waals surface area contributed by atoms with Gasteiger partial charge in [-0.25, -0.2) is 4.98 Å². The van der Waals surface area contributed by atoms with E-state index in [9.17, 15) is 4.79 Å². The van der Waals surface area contributed by atoms with Crippen molar-refractivity contribution in [1.29, 1.82) is 0 Å². The zero-order valence-corrected chi connectivity index (χ0v) is 12.8. The number of ether oxygens (including phenoxy) is 2. The molecule has 0 spiro atoms. The van der Waals surface area contributed by atoms with E-state index >= 15 is 0 Å². The van der Waals surface area contributed by atoms with Crippen LogP contribution < -0.4 is 14.8 Å². The molecule has 0 fully saturated rings. The summed E-state index contributed by atoms with van der Waals surface area (Å²) in [6, 6.07) is 8.85. The maximum absolute atomic E-state index is 12.1. The smallest absolute Gasteiger partial charge is 0.187 e. The number of hydrogen-bond acceptors (Lipinski definition) is 5. The zero-order chi connectivity index (χ0) is 15.9. The van der Waals surface area contributed by atoms with E-state index in [1.165, 1.54) is 13.2 Å². The molecule has 0 saturated carbocycles. The Morgan fingerprint density at radius 2 is 1.95 bits per heavy atom. The van der Waals surface area contributed by atoms with Crippen molar-refractivity contribution in [1.82, 2.24) is 4.98 Å². The minimum Gasteiger partial charge on any atom is -0.493 e. The second-order valence-corrected chi connectivity index (χ2v) is 4.58. The second-order valence-electron chi connectivity index (χ2n) is 4.58. The van der Waals surface area contributed by atoms with E-state index < -0.39 is 0 Å². The van der Waals surface area contributed by atoms with Gasteiger partial charge in [-0.15, -0.1) is 0 Å². The number of pyridine rings is 1. The van der Waals surface area contributed by atoms with Crippen LogP contribution in [0.25, 0.3) is 0 Å². The van der Waals surface area contributed by atoms with Gasteiger partial charge in [0.2, 0.25) is 0 Å². The van der Waals surface area contributed by atoms with Crippen molar-refractivity contribution in [3.8, 4) is 11.5 Å². The average Bonchev–Trinajstić information content (AvgIpc) is 2.55. The number of carbonyl (C=O) groups excluding carboxylic acids is 1. The van der Waals surface area contributed by atoms with Gasteiger partial charge in [0, 0.05) is 24.0 Å². The maximum atomic E-state index is 12.1. The van der Waals surface area contributed by atoms with Crippen molar-refractivity contribution in [2.75, 3.05) is 19.5 Å². The van der Waals surface area contributed by atoms with Crippen LogP contribution in [0.15, 0.2) is 48.8 Å². The third-order valence-electron chi connectivity index (χ3n) is 3.13. The van der Waals surface area contributed by atoms with Gasteiger partial charge < -0.3 is 14.8 Å². The lowest BCUT2D eigenvalue weighted by Crippen LogP contribution is -1.99. The second kappa shape index (κ2) is 7.26. The molecule has 22 heavy (non-hydrogen) atoms. The van der Waals surface area contributed by atoms with E-state index in [4.69, 9.17) is 9.47 Å². The summed E-state index contributed by atoms with van der Waals surface area (Å²) < 4.78 is 10.3. The predicted molar refractivity (Wildman–Crippen MR) is 85.6 cm³/mol. The molecular formula is C17H18N2O3. The molecule has 114 valence electrons. The van der Waals surface area contributed by atoms with Crippen molar-refractivity contribution in [2.24, 2.45) is 0 Å². The molecule has 0 amide bonds. The highest BCUT2D eigenvalue weighted by Crippen LogP contribution is 2.27. The molecule has 2 aromatic rings. The quantitative estimate of drug-likeness (QED) is 0.655. The van der Waals surface area contributed by atoms with Crippen LogP contribution in [0.2, 0.25) is 0 Å². The molecule has 5 heteroatoms. The molecule has 1 N–H and O–H groups in total. The lowest BCUT2D eigenvalue weighted by atomic mass is 10.1. The van der Waals surface area contributed by atoms with Gasteiger partial charge in [-0.3, -0.25) is 4.79 Å². The van der Waals surface area contributed by atoms with Crippen molar-refractivity contribution in [3.05, 3.63) is 59.9 Å². The van der Waals surface area contributed by atoms with Gasteiger partial charge >= 0.3 is 0 Å². The zero-order valence-electron chi connectivity index (χ0n) is 12.8.